The first kappa shape index (κ1) is 24.2. The van der Waals surface area contributed by atoms with Crippen LogP contribution in [0, 0.1) is 30.6 Å². The highest BCUT2D eigenvalue weighted by Gasteiger charge is 2.29. The molecule has 4 rings (SSSR count). The molecule has 0 amide bonds. The zero-order valence-corrected chi connectivity index (χ0v) is 20.1. The van der Waals surface area contributed by atoms with Crippen molar-refractivity contribution < 1.29 is 14.9 Å². The monoisotopic (exact) mass is 458 g/mol. The van der Waals surface area contributed by atoms with Crippen LogP contribution in [-0.4, -0.2) is 53.4 Å². The molecule has 5 nitrogen and oxygen atoms in total. The molecule has 2 N–H and O–H groups in total. The lowest BCUT2D eigenvalue weighted by atomic mass is 9.81. The Labute approximate surface area is 202 Å². The molecule has 3 aromatic rings. The second kappa shape index (κ2) is 11.5. The molecule has 0 saturated carbocycles. The van der Waals surface area contributed by atoms with Crippen molar-refractivity contribution in [2.24, 2.45) is 11.8 Å². The average Bonchev–Trinajstić information content (AvgIpc) is 2.88. The smallest absolute Gasteiger partial charge is 0.119 e. The van der Waals surface area contributed by atoms with Crippen molar-refractivity contribution in [3.8, 4) is 17.6 Å². The van der Waals surface area contributed by atoms with Gasteiger partial charge in [0.1, 0.15) is 5.75 Å². The summed E-state index contributed by atoms with van der Waals surface area (Å²) in [5.74, 6) is 7.94. The molecule has 1 aliphatic rings. The number of likely N-dealkylation sites (tertiary alicyclic amines) is 1. The molecule has 0 bridgehead atoms. The van der Waals surface area contributed by atoms with E-state index in [4.69, 9.17) is 4.74 Å². The summed E-state index contributed by atoms with van der Waals surface area (Å²) in [4.78, 5) is 6.75. The van der Waals surface area contributed by atoms with Gasteiger partial charge in [-0.3, -0.25) is 9.88 Å². The SMILES string of the molecule is COc1ccc2nccc([C@@H](O)CC[C@@H]3CCN(CC#Cc4ccccc4C)C[C@@H]3CO)c2c1. The van der Waals surface area contributed by atoms with Crippen molar-refractivity contribution in [2.75, 3.05) is 33.4 Å². The second-order valence-corrected chi connectivity index (χ2v) is 9.22. The van der Waals surface area contributed by atoms with E-state index in [1.54, 1.807) is 13.3 Å². The number of nitrogens with zero attached hydrogens (tertiary/aromatic N) is 2. The van der Waals surface area contributed by atoms with Gasteiger partial charge in [-0.1, -0.05) is 30.0 Å². The molecule has 34 heavy (non-hydrogen) atoms. The van der Waals surface area contributed by atoms with Crippen LogP contribution in [0.4, 0.5) is 0 Å². The van der Waals surface area contributed by atoms with Gasteiger partial charge in [0.25, 0.3) is 0 Å². The second-order valence-electron chi connectivity index (χ2n) is 9.22. The lowest BCUT2D eigenvalue weighted by Crippen LogP contribution is -2.42. The van der Waals surface area contributed by atoms with E-state index in [9.17, 15) is 10.2 Å². The number of fused-ring (bicyclic) bond motifs is 1. The van der Waals surface area contributed by atoms with E-state index in [2.05, 4.69) is 40.8 Å². The van der Waals surface area contributed by atoms with Crippen molar-refractivity contribution in [1.82, 2.24) is 9.88 Å². The van der Waals surface area contributed by atoms with E-state index in [0.29, 0.717) is 18.9 Å². The fourth-order valence-corrected chi connectivity index (χ4v) is 4.94. The van der Waals surface area contributed by atoms with Gasteiger partial charge >= 0.3 is 0 Å². The highest BCUT2D eigenvalue weighted by Crippen LogP contribution is 2.33. The number of hydrogen-bond donors (Lipinski definition) is 2. The zero-order valence-electron chi connectivity index (χ0n) is 20.1. The van der Waals surface area contributed by atoms with E-state index in [-0.39, 0.29) is 12.5 Å². The fourth-order valence-electron chi connectivity index (χ4n) is 4.94. The van der Waals surface area contributed by atoms with Gasteiger partial charge in [0.15, 0.2) is 0 Å². The Morgan fingerprint density at radius 3 is 2.82 bits per heavy atom. The molecule has 0 radical (unpaired) electrons. The first-order valence-corrected chi connectivity index (χ1v) is 12.1. The number of aliphatic hydroxyl groups excluding tert-OH is 2. The summed E-state index contributed by atoms with van der Waals surface area (Å²) in [7, 11) is 1.64. The summed E-state index contributed by atoms with van der Waals surface area (Å²) in [6.45, 7) is 4.77. The van der Waals surface area contributed by atoms with Gasteiger partial charge in [0.05, 0.1) is 25.3 Å². The van der Waals surface area contributed by atoms with Crippen LogP contribution in [-0.2, 0) is 0 Å². The van der Waals surface area contributed by atoms with Gasteiger partial charge in [-0.15, -0.1) is 0 Å². The summed E-state index contributed by atoms with van der Waals surface area (Å²) in [5, 5.41) is 22.0. The number of rotatable bonds is 7. The van der Waals surface area contributed by atoms with Crippen LogP contribution < -0.4 is 4.74 Å². The molecule has 3 atom stereocenters. The molecule has 2 aromatic carbocycles. The molecule has 1 aliphatic heterocycles. The summed E-state index contributed by atoms with van der Waals surface area (Å²) in [5.41, 5.74) is 4.01. The number of pyridine rings is 1. The van der Waals surface area contributed by atoms with Gasteiger partial charge < -0.3 is 14.9 Å². The predicted octanol–water partition coefficient (Wildman–Crippen LogP) is 4.35. The maximum atomic E-state index is 11.0. The van der Waals surface area contributed by atoms with Crippen molar-refractivity contribution >= 4 is 10.9 Å². The third kappa shape index (κ3) is 5.77. The fraction of sp³-hybridized carbons (Fsp3) is 0.414. The van der Waals surface area contributed by atoms with Crippen LogP contribution >= 0.6 is 0 Å². The summed E-state index contributed by atoms with van der Waals surface area (Å²) in [6, 6.07) is 15.8. The van der Waals surface area contributed by atoms with Gasteiger partial charge in [0.2, 0.25) is 0 Å². The Hall–Kier alpha value is -2.91. The molecule has 1 aromatic heterocycles. The minimum atomic E-state index is -0.574. The average molecular weight is 459 g/mol. The third-order valence-electron chi connectivity index (χ3n) is 7.03. The Morgan fingerprint density at radius 1 is 1.18 bits per heavy atom. The van der Waals surface area contributed by atoms with Gasteiger partial charge in [-0.2, -0.15) is 0 Å². The van der Waals surface area contributed by atoms with E-state index in [0.717, 1.165) is 53.7 Å². The molecule has 2 heterocycles. The normalized spacial score (nSPS) is 19.4. The number of benzene rings is 2. The Morgan fingerprint density at radius 2 is 2.03 bits per heavy atom. The highest BCUT2D eigenvalue weighted by atomic mass is 16.5. The molecule has 178 valence electrons. The van der Waals surface area contributed by atoms with Crippen molar-refractivity contribution in [3.05, 3.63) is 71.4 Å². The molecular formula is C29H34N2O3. The van der Waals surface area contributed by atoms with Crippen molar-refractivity contribution in [3.63, 3.8) is 0 Å². The number of hydrogen-bond acceptors (Lipinski definition) is 5. The molecule has 0 unspecified atom stereocenters. The molecule has 0 spiro atoms. The van der Waals surface area contributed by atoms with E-state index >= 15 is 0 Å². The number of ether oxygens (including phenoxy) is 1. The van der Waals surface area contributed by atoms with Gasteiger partial charge in [-0.25, -0.2) is 0 Å². The Kier molecular flexibility index (Phi) is 8.18. The molecule has 1 fully saturated rings. The van der Waals surface area contributed by atoms with Gasteiger partial charge in [0, 0.05) is 30.3 Å². The topological polar surface area (TPSA) is 65.8 Å². The summed E-state index contributed by atoms with van der Waals surface area (Å²) in [6.07, 6.45) is 3.72. The van der Waals surface area contributed by atoms with Crippen LogP contribution in [0.15, 0.2) is 54.7 Å². The minimum absolute atomic E-state index is 0.165. The zero-order chi connectivity index (χ0) is 23.9. The van der Waals surface area contributed by atoms with Gasteiger partial charge in [-0.05, 0) is 86.0 Å². The largest absolute Gasteiger partial charge is 0.497 e. The number of aliphatic hydroxyl groups is 2. The lowest BCUT2D eigenvalue weighted by Gasteiger charge is -2.37. The minimum Gasteiger partial charge on any atom is -0.497 e. The quantitative estimate of drug-likeness (QED) is 0.516. The lowest BCUT2D eigenvalue weighted by molar-refractivity contribution is 0.0640. The summed E-state index contributed by atoms with van der Waals surface area (Å²) >= 11 is 0. The number of aromatic nitrogens is 1. The number of aryl methyl sites for hydroxylation is 1. The molecule has 5 heteroatoms. The van der Waals surface area contributed by atoms with Crippen LogP contribution in [0.25, 0.3) is 10.9 Å². The first-order valence-electron chi connectivity index (χ1n) is 12.1. The van der Waals surface area contributed by atoms with E-state index < -0.39 is 6.10 Å². The number of piperidine rings is 1. The maximum Gasteiger partial charge on any atom is 0.119 e. The van der Waals surface area contributed by atoms with Crippen LogP contribution in [0.5, 0.6) is 5.75 Å². The van der Waals surface area contributed by atoms with Crippen molar-refractivity contribution in [2.45, 2.75) is 32.3 Å². The van der Waals surface area contributed by atoms with Crippen molar-refractivity contribution in [1.29, 1.82) is 0 Å². The third-order valence-corrected chi connectivity index (χ3v) is 7.03. The molecule has 1 saturated heterocycles. The van der Waals surface area contributed by atoms with E-state index in [1.807, 2.05) is 36.4 Å². The maximum absolute atomic E-state index is 11.0. The molecule has 0 aliphatic carbocycles. The predicted molar refractivity (Wildman–Crippen MR) is 136 cm³/mol. The Balaban J connectivity index is 1.34. The highest BCUT2D eigenvalue weighted by molar-refractivity contribution is 5.83. The number of methoxy groups -OCH3 is 1. The Bertz CT molecular complexity index is 1170. The first-order chi connectivity index (χ1) is 16.6. The van der Waals surface area contributed by atoms with E-state index in [1.165, 1.54) is 5.56 Å². The molecular weight excluding hydrogens is 424 g/mol. The van der Waals surface area contributed by atoms with Crippen LogP contribution in [0.1, 0.15) is 42.1 Å². The van der Waals surface area contributed by atoms with Crippen LogP contribution in [0.3, 0.4) is 0 Å². The van der Waals surface area contributed by atoms with Crippen LogP contribution in [0.2, 0.25) is 0 Å². The standard InChI is InChI=1S/C29H34N2O3/c1-21-6-3-4-7-22(21)8-5-16-31-17-14-23(24(19-31)20-32)9-12-29(33)26-13-15-30-28-11-10-25(34-2)18-27(26)28/h3-4,6-7,10-11,13,15,18,23-24,29,32-33H,9,12,14,16-17,19-20H2,1-2H3/t23-,24-,29+/m1/s1. The summed E-state index contributed by atoms with van der Waals surface area (Å²) < 4.78 is 5.36.